The molecule has 1 amide bonds. The van der Waals surface area contributed by atoms with Crippen LogP contribution < -0.4 is 0 Å². The van der Waals surface area contributed by atoms with Crippen LogP contribution in [0, 0.1) is 12.3 Å². The van der Waals surface area contributed by atoms with Gasteiger partial charge in [0, 0.05) is 37.0 Å². The highest BCUT2D eigenvalue weighted by Gasteiger charge is 2.51. The van der Waals surface area contributed by atoms with Gasteiger partial charge in [0.2, 0.25) is 10.0 Å². The molecule has 2 aliphatic rings. The van der Waals surface area contributed by atoms with Gasteiger partial charge in [-0.2, -0.15) is 0 Å². The molecule has 20 heavy (non-hydrogen) atoms. The number of rotatable bonds is 2. The van der Waals surface area contributed by atoms with Gasteiger partial charge in [0.25, 0.3) is 5.91 Å². The molecule has 110 valence electrons. The van der Waals surface area contributed by atoms with E-state index in [9.17, 15) is 13.2 Å². The summed E-state index contributed by atoms with van der Waals surface area (Å²) in [7, 11) is -3.12. The van der Waals surface area contributed by atoms with Crippen molar-refractivity contribution in [2.24, 2.45) is 5.41 Å². The number of nitrogens with zero attached hydrogens (tertiary/aromatic N) is 3. The fraction of sp³-hybridized carbons (Fsp3) is 0.667. The van der Waals surface area contributed by atoms with Crippen LogP contribution in [0.3, 0.4) is 0 Å². The van der Waals surface area contributed by atoms with Gasteiger partial charge < -0.3 is 4.90 Å². The lowest BCUT2D eigenvalue weighted by molar-refractivity contribution is 0.0132. The summed E-state index contributed by atoms with van der Waals surface area (Å²) in [5, 5.41) is 2.66. The summed E-state index contributed by atoms with van der Waals surface area (Å²) in [6.07, 6.45) is 2.08. The van der Waals surface area contributed by atoms with Crippen LogP contribution in [-0.2, 0) is 10.0 Å². The lowest BCUT2D eigenvalue weighted by Gasteiger charge is -2.47. The van der Waals surface area contributed by atoms with Crippen LogP contribution in [0.5, 0.6) is 0 Å². The van der Waals surface area contributed by atoms with Crippen LogP contribution in [0.15, 0.2) is 5.38 Å². The Hall–Kier alpha value is -0.990. The minimum absolute atomic E-state index is 0.0379. The molecule has 0 N–H and O–H groups in total. The van der Waals surface area contributed by atoms with Crippen molar-refractivity contribution in [1.29, 1.82) is 0 Å². The van der Waals surface area contributed by atoms with Gasteiger partial charge in [-0.3, -0.25) is 4.79 Å². The van der Waals surface area contributed by atoms with Crippen molar-refractivity contribution >= 4 is 27.3 Å². The molecule has 0 bridgehead atoms. The van der Waals surface area contributed by atoms with Gasteiger partial charge in [-0.1, -0.05) is 0 Å². The van der Waals surface area contributed by atoms with Crippen molar-refractivity contribution in [1.82, 2.24) is 14.2 Å². The number of hydrogen-bond acceptors (Lipinski definition) is 5. The van der Waals surface area contributed by atoms with Crippen LogP contribution in [0.2, 0.25) is 0 Å². The Kier molecular flexibility index (Phi) is 3.15. The van der Waals surface area contributed by atoms with Crippen LogP contribution in [0.1, 0.15) is 21.9 Å². The van der Waals surface area contributed by atoms with E-state index in [2.05, 4.69) is 4.98 Å². The topological polar surface area (TPSA) is 70.6 Å². The predicted molar refractivity (Wildman–Crippen MR) is 76.2 cm³/mol. The molecule has 1 aromatic heterocycles. The lowest BCUT2D eigenvalue weighted by Crippen LogP contribution is -2.59. The fourth-order valence-electron chi connectivity index (χ4n) is 2.97. The predicted octanol–water partition coefficient (Wildman–Crippen LogP) is 0.559. The van der Waals surface area contributed by atoms with Crippen molar-refractivity contribution in [3.8, 4) is 0 Å². The summed E-state index contributed by atoms with van der Waals surface area (Å²) in [4.78, 5) is 18.2. The largest absolute Gasteiger partial charge is 0.336 e. The highest BCUT2D eigenvalue weighted by atomic mass is 32.2. The summed E-state index contributed by atoms with van der Waals surface area (Å²) in [6, 6.07) is 0. The van der Waals surface area contributed by atoms with Gasteiger partial charge in [0.05, 0.1) is 11.3 Å². The third-order valence-corrected chi connectivity index (χ3v) is 6.07. The Morgan fingerprint density at radius 1 is 1.40 bits per heavy atom. The number of sulfonamides is 1. The van der Waals surface area contributed by atoms with E-state index in [0.717, 1.165) is 11.4 Å². The van der Waals surface area contributed by atoms with Crippen LogP contribution in [0.25, 0.3) is 0 Å². The number of thiazole rings is 1. The van der Waals surface area contributed by atoms with E-state index in [0.29, 0.717) is 31.9 Å². The van der Waals surface area contributed by atoms with Crippen molar-refractivity contribution in [3.05, 3.63) is 16.1 Å². The standard InChI is InChI=1S/C12H17N3O3S2/c1-9-13-10(5-19-9)11(16)14-6-12(7-14)3-4-15(8-12)20(2,17)18/h5H,3-4,6-8H2,1-2H3. The van der Waals surface area contributed by atoms with E-state index in [4.69, 9.17) is 0 Å². The lowest BCUT2D eigenvalue weighted by atomic mass is 9.79. The third kappa shape index (κ3) is 2.36. The molecular weight excluding hydrogens is 298 g/mol. The first-order valence-corrected chi connectivity index (χ1v) is 9.18. The molecule has 1 spiro atoms. The molecule has 2 fully saturated rings. The molecule has 0 aliphatic carbocycles. The Labute approximate surface area is 122 Å². The summed E-state index contributed by atoms with van der Waals surface area (Å²) in [6.45, 7) is 4.24. The normalized spacial score (nSPS) is 22.2. The molecular formula is C12H17N3O3S2. The van der Waals surface area contributed by atoms with Crippen molar-refractivity contribution in [2.75, 3.05) is 32.4 Å². The molecule has 2 aliphatic heterocycles. The van der Waals surface area contributed by atoms with Gasteiger partial charge in [0.1, 0.15) is 5.69 Å². The minimum Gasteiger partial charge on any atom is -0.336 e. The second kappa shape index (κ2) is 4.51. The zero-order chi connectivity index (χ0) is 14.5. The summed E-state index contributed by atoms with van der Waals surface area (Å²) in [5.74, 6) is -0.0437. The number of aromatic nitrogens is 1. The molecule has 2 saturated heterocycles. The maximum Gasteiger partial charge on any atom is 0.273 e. The number of carbonyl (C=O) groups excluding carboxylic acids is 1. The van der Waals surface area contributed by atoms with Gasteiger partial charge >= 0.3 is 0 Å². The molecule has 1 aromatic rings. The Bertz CT molecular complexity index is 647. The zero-order valence-electron chi connectivity index (χ0n) is 11.5. The van der Waals surface area contributed by atoms with E-state index < -0.39 is 10.0 Å². The summed E-state index contributed by atoms with van der Waals surface area (Å²) >= 11 is 1.47. The molecule has 0 unspecified atom stereocenters. The maximum atomic E-state index is 12.2. The first kappa shape index (κ1) is 14.0. The number of hydrogen-bond donors (Lipinski definition) is 0. The van der Waals surface area contributed by atoms with Crippen LogP contribution in [0.4, 0.5) is 0 Å². The summed E-state index contributed by atoms with van der Waals surface area (Å²) in [5.41, 5.74) is 0.462. The number of amides is 1. The molecule has 0 radical (unpaired) electrons. The summed E-state index contributed by atoms with van der Waals surface area (Å²) < 4.78 is 24.6. The first-order chi connectivity index (χ1) is 9.29. The average molecular weight is 315 g/mol. The van der Waals surface area contributed by atoms with Gasteiger partial charge in [-0.25, -0.2) is 17.7 Å². The quantitative estimate of drug-likeness (QED) is 0.799. The van der Waals surface area contributed by atoms with E-state index in [1.54, 1.807) is 10.3 Å². The monoisotopic (exact) mass is 315 g/mol. The highest BCUT2D eigenvalue weighted by molar-refractivity contribution is 7.88. The maximum absolute atomic E-state index is 12.2. The zero-order valence-corrected chi connectivity index (χ0v) is 13.1. The smallest absolute Gasteiger partial charge is 0.273 e. The van der Waals surface area contributed by atoms with Gasteiger partial charge in [-0.15, -0.1) is 11.3 Å². The molecule has 6 nitrogen and oxygen atoms in total. The molecule has 0 atom stereocenters. The number of carbonyl (C=O) groups is 1. The van der Waals surface area contributed by atoms with Gasteiger partial charge in [-0.05, 0) is 13.3 Å². The highest BCUT2D eigenvalue weighted by Crippen LogP contribution is 2.40. The molecule has 0 saturated carbocycles. The van der Waals surface area contributed by atoms with Gasteiger partial charge in [0.15, 0.2) is 0 Å². The molecule has 3 rings (SSSR count). The fourth-order valence-corrected chi connectivity index (χ4v) is 4.48. The Morgan fingerprint density at radius 3 is 2.60 bits per heavy atom. The molecule has 8 heteroatoms. The first-order valence-electron chi connectivity index (χ1n) is 6.46. The van der Waals surface area contributed by atoms with Crippen molar-refractivity contribution in [3.63, 3.8) is 0 Å². The second-order valence-corrected chi connectivity index (χ2v) is 8.80. The average Bonchev–Trinajstić information content (AvgIpc) is 2.91. The van der Waals surface area contributed by atoms with E-state index in [1.165, 1.54) is 21.9 Å². The number of aryl methyl sites for hydroxylation is 1. The van der Waals surface area contributed by atoms with E-state index >= 15 is 0 Å². The molecule has 3 heterocycles. The van der Waals surface area contributed by atoms with Crippen LogP contribution >= 0.6 is 11.3 Å². The molecule has 0 aromatic carbocycles. The SMILES string of the molecule is Cc1nc(C(=O)N2CC3(CCN(S(C)(=O)=O)C3)C2)cs1. The van der Waals surface area contributed by atoms with E-state index in [1.807, 2.05) is 6.92 Å². The van der Waals surface area contributed by atoms with Crippen molar-refractivity contribution in [2.45, 2.75) is 13.3 Å². The second-order valence-electron chi connectivity index (χ2n) is 5.76. The Balaban J connectivity index is 1.63. The third-order valence-electron chi connectivity index (χ3n) is 4.05. The number of likely N-dealkylation sites (tertiary alicyclic amines) is 1. The Morgan fingerprint density at radius 2 is 2.10 bits per heavy atom. The van der Waals surface area contributed by atoms with Crippen LogP contribution in [-0.4, -0.2) is 60.9 Å². The van der Waals surface area contributed by atoms with E-state index in [-0.39, 0.29) is 11.3 Å². The minimum atomic E-state index is -3.12. The van der Waals surface area contributed by atoms with Crippen molar-refractivity contribution < 1.29 is 13.2 Å².